The molecule has 0 saturated heterocycles. The molecule has 2 N–H and O–H groups in total. The zero-order chi connectivity index (χ0) is 11.6. The van der Waals surface area contributed by atoms with Gasteiger partial charge in [-0.1, -0.05) is 30.3 Å². The number of nitrogens with two attached hydrogens (primary N) is 1. The van der Waals surface area contributed by atoms with E-state index in [0.717, 1.165) is 5.56 Å². The summed E-state index contributed by atoms with van der Waals surface area (Å²) in [7, 11) is -3.86. The molecule has 0 amide bonds. The summed E-state index contributed by atoms with van der Waals surface area (Å²) in [6.45, 7) is 0. The Morgan fingerprint density at radius 3 is 2.38 bits per heavy atom. The second-order valence-electron chi connectivity index (χ2n) is 3.14. The van der Waals surface area contributed by atoms with Crippen molar-refractivity contribution in [2.24, 2.45) is 5.14 Å². The number of benzene rings is 1. The first-order valence-electron chi connectivity index (χ1n) is 4.48. The van der Waals surface area contributed by atoms with E-state index in [2.05, 4.69) is 9.97 Å². The SMILES string of the molecule is NS(=O)(=O)c1nccc(-c2ccccc2)n1. The lowest BCUT2D eigenvalue weighted by molar-refractivity contribution is 0.589. The van der Waals surface area contributed by atoms with E-state index < -0.39 is 10.0 Å². The number of primary sulfonamides is 1. The molecule has 0 saturated carbocycles. The van der Waals surface area contributed by atoms with E-state index in [1.807, 2.05) is 30.3 Å². The van der Waals surface area contributed by atoms with E-state index in [4.69, 9.17) is 5.14 Å². The molecule has 1 aromatic heterocycles. The number of hydrogen-bond acceptors (Lipinski definition) is 4. The Morgan fingerprint density at radius 1 is 1.06 bits per heavy atom. The van der Waals surface area contributed by atoms with Crippen LogP contribution in [-0.4, -0.2) is 18.4 Å². The van der Waals surface area contributed by atoms with Crippen LogP contribution in [0.1, 0.15) is 0 Å². The molecule has 0 atom stereocenters. The standard InChI is InChI=1S/C10H9N3O2S/c11-16(14,15)10-12-7-6-9(13-10)8-4-2-1-3-5-8/h1-7H,(H2,11,14,15). The lowest BCUT2D eigenvalue weighted by Crippen LogP contribution is -2.15. The zero-order valence-electron chi connectivity index (χ0n) is 8.24. The molecule has 0 bridgehead atoms. The minimum atomic E-state index is -3.86. The summed E-state index contributed by atoms with van der Waals surface area (Å²) in [5, 5.41) is 4.58. The molecule has 5 nitrogen and oxygen atoms in total. The summed E-state index contributed by atoms with van der Waals surface area (Å²) in [4.78, 5) is 7.50. The number of hydrogen-bond donors (Lipinski definition) is 1. The fourth-order valence-electron chi connectivity index (χ4n) is 1.25. The first-order chi connectivity index (χ1) is 7.57. The van der Waals surface area contributed by atoms with Crippen molar-refractivity contribution in [3.8, 4) is 11.3 Å². The smallest absolute Gasteiger partial charge is 0.226 e. The Labute approximate surface area is 93.0 Å². The summed E-state index contributed by atoms with van der Waals surface area (Å²) >= 11 is 0. The van der Waals surface area contributed by atoms with Crippen molar-refractivity contribution in [1.82, 2.24) is 9.97 Å². The highest BCUT2D eigenvalue weighted by Gasteiger charge is 2.12. The normalized spacial score (nSPS) is 11.3. The largest absolute Gasteiger partial charge is 0.273 e. The van der Waals surface area contributed by atoms with Gasteiger partial charge in [-0.05, 0) is 6.07 Å². The van der Waals surface area contributed by atoms with Crippen LogP contribution in [0.5, 0.6) is 0 Å². The first-order valence-corrected chi connectivity index (χ1v) is 6.03. The molecular weight excluding hydrogens is 226 g/mol. The van der Waals surface area contributed by atoms with Crippen molar-refractivity contribution in [2.75, 3.05) is 0 Å². The predicted molar refractivity (Wildman–Crippen MR) is 58.8 cm³/mol. The van der Waals surface area contributed by atoms with Gasteiger partial charge in [0.1, 0.15) is 0 Å². The minimum absolute atomic E-state index is 0.367. The van der Waals surface area contributed by atoms with Gasteiger partial charge in [-0.25, -0.2) is 23.5 Å². The maximum absolute atomic E-state index is 11.1. The average molecular weight is 235 g/mol. The van der Waals surface area contributed by atoms with Crippen LogP contribution in [0, 0.1) is 0 Å². The molecule has 0 aliphatic heterocycles. The molecule has 0 fully saturated rings. The number of sulfonamides is 1. The van der Waals surface area contributed by atoms with Gasteiger partial charge in [0.05, 0.1) is 5.69 Å². The molecule has 82 valence electrons. The van der Waals surface area contributed by atoms with Crippen LogP contribution < -0.4 is 5.14 Å². The van der Waals surface area contributed by atoms with Gasteiger partial charge in [0.15, 0.2) is 0 Å². The van der Waals surface area contributed by atoms with Gasteiger partial charge in [0, 0.05) is 11.8 Å². The molecular formula is C10H9N3O2S. The van der Waals surface area contributed by atoms with Crippen molar-refractivity contribution in [3.63, 3.8) is 0 Å². The van der Waals surface area contributed by atoms with Gasteiger partial charge >= 0.3 is 0 Å². The van der Waals surface area contributed by atoms with E-state index in [9.17, 15) is 8.42 Å². The Balaban J connectivity index is 2.53. The quantitative estimate of drug-likeness (QED) is 0.780. The number of rotatable bonds is 2. The van der Waals surface area contributed by atoms with E-state index in [0.29, 0.717) is 5.69 Å². The van der Waals surface area contributed by atoms with Crippen LogP contribution in [0.4, 0.5) is 0 Å². The highest BCUT2D eigenvalue weighted by molar-refractivity contribution is 7.89. The average Bonchev–Trinajstić information content (AvgIpc) is 2.29. The Hall–Kier alpha value is -1.79. The van der Waals surface area contributed by atoms with Crippen LogP contribution in [0.2, 0.25) is 0 Å². The predicted octanol–water partition coefficient (Wildman–Crippen LogP) is 0.791. The molecule has 0 unspecified atom stereocenters. The summed E-state index contributed by atoms with van der Waals surface area (Å²) in [6, 6.07) is 10.8. The van der Waals surface area contributed by atoms with E-state index in [1.165, 1.54) is 6.20 Å². The third-order valence-corrected chi connectivity index (χ3v) is 2.66. The van der Waals surface area contributed by atoms with Crippen molar-refractivity contribution in [2.45, 2.75) is 5.16 Å². The molecule has 2 aromatic rings. The molecule has 2 rings (SSSR count). The lowest BCUT2D eigenvalue weighted by Gasteiger charge is -2.01. The van der Waals surface area contributed by atoms with E-state index in [-0.39, 0.29) is 5.16 Å². The lowest BCUT2D eigenvalue weighted by atomic mass is 10.1. The van der Waals surface area contributed by atoms with Gasteiger partial charge < -0.3 is 0 Å². The van der Waals surface area contributed by atoms with Crippen LogP contribution >= 0.6 is 0 Å². The first kappa shape index (κ1) is 10.7. The van der Waals surface area contributed by atoms with Crippen molar-refractivity contribution >= 4 is 10.0 Å². The van der Waals surface area contributed by atoms with Crippen LogP contribution in [-0.2, 0) is 10.0 Å². The van der Waals surface area contributed by atoms with Crippen LogP contribution in [0.15, 0.2) is 47.8 Å². The maximum atomic E-state index is 11.1. The fraction of sp³-hybridized carbons (Fsp3) is 0. The molecule has 16 heavy (non-hydrogen) atoms. The minimum Gasteiger partial charge on any atom is -0.226 e. The number of aromatic nitrogens is 2. The van der Waals surface area contributed by atoms with Gasteiger partial charge in [-0.15, -0.1) is 0 Å². The second-order valence-corrected chi connectivity index (χ2v) is 4.59. The fourth-order valence-corrected chi connectivity index (χ4v) is 1.68. The van der Waals surface area contributed by atoms with Gasteiger partial charge in [-0.3, -0.25) is 0 Å². The summed E-state index contributed by atoms with van der Waals surface area (Å²) in [5.41, 5.74) is 1.34. The Kier molecular flexibility index (Phi) is 2.67. The van der Waals surface area contributed by atoms with Gasteiger partial charge in [0.25, 0.3) is 15.2 Å². The molecule has 0 spiro atoms. The Morgan fingerprint density at radius 2 is 1.75 bits per heavy atom. The highest BCUT2D eigenvalue weighted by atomic mass is 32.2. The monoisotopic (exact) mass is 235 g/mol. The number of nitrogens with zero attached hydrogens (tertiary/aromatic N) is 2. The summed E-state index contributed by atoms with van der Waals surface area (Å²) in [5.74, 6) is 0. The van der Waals surface area contributed by atoms with E-state index in [1.54, 1.807) is 6.07 Å². The molecule has 0 aliphatic rings. The van der Waals surface area contributed by atoms with Gasteiger partial charge in [0.2, 0.25) is 0 Å². The summed E-state index contributed by atoms with van der Waals surface area (Å²) < 4.78 is 22.1. The topological polar surface area (TPSA) is 85.9 Å². The molecule has 1 heterocycles. The molecule has 0 radical (unpaired) electrons. The van der Waals surface area contributed by atoms with Crippen molar-refractivity contribution in [1.29, 1.82) is 0 Å². The molecule has 6 heteroatoms. The zero-order valence-corrected chi connectivity index (χ0v) is 9.05. The van der Waals surface area contributed by atoms with Gasteiger partial charge in [-0.2, -0.15) is 0 Å². The molecule has 1 aromatic carbocycles. The third-order valence-electron chi connectivity index (χ3n) is 1.96. The van der Waals surface area contributed by atoms with E-state index >= 15 is 0 Å². The summed E-state index contributed by atoms with van der Waals surface area (Å²) in [6.07, 6.45) is 1.37. The van der Waals surface area contributed by atoms with Crippen molar-refractivity contribution < 1.29 is 8.42 Å². The maximum Gasteiger partial charge on any atom is 0.273 e. The van der Waals surface area contributed by atoms with Crippen LogP contribution in [0.3, 0.4) is 0 Å². The second kappa shape index (κ2) is 3.99. The highest BCUT2D eigenvalue weighted by Crippen LogP contribution is 2.16. The van der Waals surface area contributed by atoms with Crippen LogP contribution in [0.25, 0.3) is 11.3 Å². The third kappa shape index (κ3) is 2.23. The van der Waals surface area contributed by atoms with Crippen molar-refractivity contribution in [3.05, 3.63) is 42.6 Å². The molecule has 0 aliphatic carbocycles. The Bertz CT molecular complexity index is 596.